The third-order valence-electron chi connectivity index (χ3n) is 6.54. The number of pyridine rings is 2. The van der Waals surface area contributed by atoms with Crippen molar-refractivity contribution in [2.75, 3.05) is 31.5 Å². The molecular formula is C29H36N6O. The molecule has 3 aromatic heterocycles. The molecule has 188 valence electrons. The number of carbonyl (C=O) groups is 1. The maximum atomic E-state index is 11.6. The van der Waals surface area contributed by atoms with Gasteiger partial charge < -0.3 is 14.6 Å². The Morgan fingerprint density at radius 1 is 1.06 bits per heavy atom. The summed E-state index contributed by atoms with van der Waals surface area (Å²) in [6, 6.07) is 8.26. The second-order valence-corrected chi connectivity index (χ2v) is 9.25. The van der Waals surface area contributed by atoms with Crippen LogP contribution in [-0.4, -0.2) is 56.3 Å². The number of amides is 1. The molecule has 0 spiro atoms. The number of aromatic nitrogens is 3. The van der Waals surface area contributed by atoms with E-state index in [1.165, 1.54) is 11.1 Å². The van der Waals surface area contributed by atoms with Crippen molar-refractivity contribution in [1.29, 1.82) is 0 Å². The number of allylic oxidation sites excluding steroid dienone is 6. The normalized spacial score (nSPS) is 15.7. The third-order valence-corrected chi connectivity index (χ3v) is 6.54. The van der Waals surface area contributed by atoms with E-state index in [4.69, 9.17) is 4.98 Å². The minimum atomic E-state index is 0.155. The number of imidazole rings is 1. The number of nitrogens with one attached hydrogen (secondary N) is 1. The zero-order chi connectivity index (χ0) is 25.5. The van der Waals surface area contributed by atoms with E-state index in [1.54, 1.807) is 6.92 Å². The van der Waals surface area contributed by atoms with E-state index in [0.29, 0.717) is 0 Å². The van der Waals surface area contributed by atoms with Gasteiger partial charge in [0.05, 0.1) is 6.20 Å². The number of hydrogen-bond donors (Lipinski definition) is 1. The van der Waals surface area contributed by atoms with Crippen LogP contribution >= 0.6 is 0 Å². The molecule has 0 unspecified atom stereocenters. The van der Waals surface area contributed by atoms with Crippen LogP contribution in [0.2, 0.25) is 0 Å². The Labute approximate surface area is 213 Å². The lowest BCUT2D eigenvalue weighted by molar-refractivity contribution is -0.130. The maximum absolute atomic E-state index is 11.6. The van der Waals surface area contributed by atoms with Crippen molar-refractivity contribution < 1.29 is 4.79 Å². The molecule has 1 N–H and O–H groups in total. The highest BCUT2D eigenvalue weighted by Gasteiger charge is 2.18. The smallest absolute Gasteiger partial charge is 0.219 e. The van der Waals surface area contributed by atoms with E-state index in [-0.39, 0.29) is 5.91 Å². The molecule has 0 radical (unpaired) electrons. The zero-order valence-corrected chi connectivity index (χ0v) is 21.7. The Morgan fingerprint density at radius 2 is 1.86 bits per heavy atom. The first-order chi connectivity index (χ1) is 17.4. The summed E-state index contributed by atoms with van der Waals surface area (Å²) in [5.74, 6) is 1.68. The highest BCUT2D eigenvalue weighted by atomic mass is 16.2. The molecule has 7 nitrogen and oxygen atoms in total. The fraction of sp³-hybridized carbons (Fsp3) is 0.345. The van der Waals surface area contributed by atoms with E-state index < -0.39 is 0 Å². The first-order valence-electron chi connectivity index (χ1n) is 12.6. The van der Waals surface area contributed by atoms with Crippen molar-refractivity contribution in [3.05, 3.63) is 83.9 Å². The van der Waals surface area contributed by atoms with Gasteiger partial charge in [-0.25, -0.2) is 9.97 Å². The molecule has 0 aliphatic carbocycles. The molecule has 0 atom stereocenters. The monoisotopic (exact) mass is 484 g/mol. The fourth-order valence-corrected chi connectivity index (χ4v) is 4.25. The second kappa shape index (κ2) is 11.8. The molecular weight excluding hydrogens is 448 g/mol. The SMILES string of the molecule is C\C=C/C(=C\C=C(/C)CC)c1ccc2nc(Nc3cc(CN4CCN(C(C)=O)CC4)ccn3)cn2c1. The average Bonchev–Trinajstić information content (AvgIpc) is 3.28. The lowest BCUT2D eigenvalue weighted by atomic mass is 10.1. The summed E-state index contributed by atoms with van der Waals surface area (Å²) >= 11 is 0. The van der Waals surface area contributed by atoms with Gasteiger partial charge in [0.15, 0.2) is 5.82 Å². The lowest BCUT2D eigenvalue weighted by Crippen LogP contribution is -2.47. The minimum absolute atomic E-state index is 0.155. The predicted octanol–water partition coefficient (Wildman–Crippen LogP) is 5.45. The van der Waals surface area contributed by atoms with Crippen molar-refractivity contribution in [3.8, 4) is 0 Å². The summed E-state index contributed by atoms with van der Waals surface area (Å²) in [7, 11) is 0. The van der Waals surface area contributed by atoms with Crippen molar-refractivity contribution in [1.82, 2.24) is 24.2 Å². The molecule has 0 aromatic carbocycles. The van der Waals surface area contributed by atoms with Crippen LogP contribution in [-0.2, 0) is 11.3 Å². The van der Waals surface area contributed by atoms with Crippen molar-refractivity contribution in [3.63, 3.8) is 0 Å². The van der Waals surface area contributed by atoms with Crippen LogP contribution in [0.25, 0.3) is 11.2 Å². The number of hydrogen-bond acceptors (Lipinski definition) is 5. The molecule has 3 aromatic rings. The van der Waals surface area contributed by atoms with E-state index in [0.717, 1.165) is 67.6 Å². The van der Waals surface area contributed by atoms with Crippen molar-refractivity contribution >= 4 is 28.8 Å². The van der Waals surface area contributed by atoms with Crippen molar-refractivity contribution in [2.24, 2.45) is 0 Å². The Kier molecular flexibility index (Phi) is 8.33. The highest BCUT2D eigenvalue weighted by Crippen LogP contribution is 2.21. The Balaban J connectivity index is 1.47. The van der Waals surface area contributed by atoms with E-state index in [9.17, 15) is 4.79 Å². The first-order valence-corrected chi connectivity index (χ1v) is 12.6. The molecule has 1 fully saturated rings. The van der Waals surface area contributed by atoms with E-state index >= 15 is 0 Å². The molecule has 7 heteroatoms. The number of piperazine rings is 1. The minimum Gasteiger partial charge on any atom is -0.340 e. The van der Waals surface area contributed by atoms with Gasteiger partial charge in [-0.1, -0.05) is 36.8 Å². The molecule has 0 bridgehead atoms. The molecule has 4 heterocycles. The quantitative estimate of drug-likeness (QED) is 0.431. The van der Waals surface area contributed by atoms with Gasteiger partial charge in [-0.3, -0.25) is 9.69 Å². The molecule has 0 saturated carbocycles. The molecule has 1 aliphatic rings. The standard InChI is InChI=1S/C29H36N6O/c1-5-7-25(9-8-22(3)6-2)26-10-11-29-32-28(21-35(29)20-26)31-27-18-24(12-13-30-27)19-33-14-16-34(17-15-33)23(4)36/h5,7-13,18,20-21H,6,14-17,19H2,1-4H3,(H,30,31)/b7-5-,22-8+,25-9+. The highest BCUT2D eigenvalue weighted by molar-refractivity contribution is 5.76. The summed E-state index contributed by atoms with van der Waals surface area (Å²) in [5, 5.41) is 3.36. The van der Waals surface area contributed by atoms with Gasteiger partial charge in [0.25, 0.3) is 0 Å². The zero-order valence-electron chi connectivity index (χ0n) is 21.7. The van der Waals surface area contributed by atoms with Gasteiger partial charge in [-0.05, 0) is 61.2 Å². The van der Waals surface area contributed by atoms with Gasteiger partial charge >= 0.3 is 0 Å². The third kappa shape index (κ3) is 6.49. The Hall–Kier alpha value is -3.71. The molecule has 1 aliphatic heterocycles. The number of nitrogens with zero attached hydrogens (tertiary/aromatic N) is 5. The lowest BCUT2D eigenvalue weighted by Gasteiger charge is -2.34. The van der Waals surface area contributed by atoms with Gasteiger partial charge in [0.2, 0.25) is 5.91 Å². The molecule has 4 rings (SSSR count). The van der Waals surface area contributed by atoms with E-state index in [2.05, 4.69) is 71.7 Å². The average molecular weight is 485 g/mol. The van der Waals surface area contributed by atoms with Gasteiger partial charge in [-0.2, -0.15) is 0 Å². The number of anilines is 2. The van der Waals surface area contributed by atoms with Crippen LogP contribution < -0.4 is 5.32 Å². The van der Waals surface area contributed by atoms with Gasteiger partial charge in [0.1, 0.15) is 11.5 Å². The van der Waals surface area contributed by atoms with Crippen LogP contribution in [0, 0.1) is 0 Å². The largest absolute Gasteiger partial charge is 0.340 e. The second-order valence-electron chi connectivity index (χ2n) is 9.25. The Bertz CT molecular complexity index is 1290. The van der Waals surface area contributed by atoms with Crippen LogP contribution in [0.1, 0.15) is 45.2 Å². The van der Waals surface area contributed by atoms with Crippen molar-refractivity contribution in [2.45, 2.75) is 40.7 Å². The van der Waals surface area contributed by atoms with Gasteiger partial charge in [0, 0.05) is 52.0 Å². The number of fused-ring (bicyclic) bond motifs is 1. The summed E-state index contributed by atoms with van der Waals surface area (Å²) in [5.41, 5.74) is 5.70. The van der Waals surface area contributed by atoms with Crippen LogP contribution in [0.3, 0.4) is 0 Å². The predicted molar refractivity (Wildman–Crippen MR) is 147 cm³/mol. The maximum Gasteiger partial charge on any atom is 0.219 e. The summed E-state index contributed by atoms with van der Waals surface area (Å²) in [6.07, 6.45) is 15.5. The number of rotatable bonds is 8. The van der Waals surface area contributed by atoms with Gasteiger partial charge in [-0.15, -0.1) is 0 Å². The summed E-state index contributed by atoms with van der Waals surface area (Å²) in [4.78, 5) is 25.1. The Morgan fingerprint density at radius 3 is 2.58 bits per heavy atom. The van der Waals surface area contributed by atoms with Crippen LogP contribution in [0.15, 0.2) is 72.7 Å². The first kappa shape index (κ1) is 25.4. The topological polar surface area (TPSA) is 65.8 Å². The number of carbonyl (C=O) groups excluding carboxylic acids is 1. The molecule has 1 saturated heterocycles. The summed E-state index contributed by atoms with van der Waals surface area (Å²) < 4.78 is 2.05. The fourth-order valence-electron chi connectivity index (χ4n) is 4.25. The van der Waals surface area contributed by atoms with E-state index in [1.807, 2.05) is 40.8 Å². The van der Waals surface area contributed by atoms with Crippen LogP contribution in [0.4, 0.5) is 11.6 Å². The summed E-state index contributed by atoms with van der Waals surface area (Å²) in [6.45, 7) is 12.2. The molecule has 1 amide bonds. The van der Waals surface area contributed by atoms with Crippen LogP contribution in [0.5, 0.6) is 0 Å². The molecule has 36 heavy (non-hydrogen) atoms.